The number of carbonyl (C=O) groups excluding carboxylic acids is 2. The summed E-state index contributed by atoms with van der Waals surface area (Å²) in [4.78, 5) is 44.8. The fourth-order valence-corrected chi connectivity index (χ4v) is 4.76. The van der Waals surface area contributed by atoms with E-state index in [1.54, 1.807) is 6.07 Å². The van der Waals surface area contributed by atoms with Crippen LogP contribution in [-0.4, -0.2) is 21.7 Å². The van der Waals surface area contributed by atoms with E-state index in [1.165, 1.54) is 11.3 Å². The lowest BCUT2D eigenvalue weighted by molar-refractivity contribution is 0.0975. The number of fused-ring (bicyclic) bond motifs is 2. The van der Waals surface area contributed by atoms with Crippen molar-refractivity contribution in [1.82, 2.24) is 9.97 Å². The number of H-pyrrole nitrogens is 1. The number of hydrogen-bond donors (Lipinski definition) is 2. The maximum atomic E-state index is 12.6. The Morgan fingerprint density at radius 1 is 1.35 bits per heavy atom. The fraction of sp³-hybridized carbons (Fsp3) is 0.474. The lowest BCUT2D eigenvalue weighted by Gasteiger charge is -2.23. The molecular weight excluding hydrogens is 350 g/mol. The highest BCUT2D eigenvalue weighted by molar-refractivity contribution is 7.17. The first kappa shape index (κ1) is 17.1. The second kappa shape index (κ2) is 6.79. The summed E-state index contributed by atoms with van der Waals surface area (Å²) >= 11 is 1.20. The minimum absolute atomic E-state index is 0.0847. The van der Waals surface area contributed by atoms with Gasteiger partial charge in [-0.2, -0.15) is 0 Å². The highest BCUT2D eigenvalue weighted by Crippen LogP contribution is 2.30. The van der Waals surface area contributed by atoms with Crippen molar-refractivity contribution in [3.63, 3.8) is 0 Å². The second-order valence-electron chi connectivity index (χ2n) is 7.06. The van der Waals surface area contributed by atoms with Gasteiger partial charge in [0.05, 0.1) is 10.6 Å². The molecule has 1 amide bonds. The predicted octanol–water partition coefficient (Wildman–Crippen LogP) is 3.12. The third kappa shape index (κ3) is 3.11. The third-order valence-electron chi connectivity index (χ3n) is 5.34. The number of ketones is 1. The Hall–Kier alpha value is -2.28. The zero-order valence-corrected chi connectivity index (χ0v) is 15.5. The number of rotatable bonds is 3. The number of anilines is 1. The zero-order valence-electron chi connectivity index (χ0n) is 14.7. The molecule has 0 saturated heterocycles. The third-order valence-corrected chi connectivity index (χ3v) is 6.39. The average molecular weight is 371 g/mol. The molecule has 0 aromatic carbocycles. The summed E-state index contributed by atoms with van der Waals surface area (Å²) in [5.41, 5.74) is 2.51. The van der Waals surface area contributed by atoms with Crippen LogP contribution in [0.3, 0.4) is 0 Å². The zero-order chi connectivity index (χ0) is 18.3. The Bertz CT molecular complexity index is 944. The smallest absolute Gasteiger partial charge is 0.263 e. The quantitative estimate of drug-likeness (QED) is 0.867. The molecule has 0 bridgehead atoms. The lowest BCUT2D eigenvalue weighted by atomic mass is 9.84. The minimum Gasteiger partial charge on any atom is -0.325 e. The van der Waals surface area contributed by atoms with E-state index in [1.807, 2.05) is 0 Å². The van der Waals surface area contributed by atoms with Crippen LogP contribution in [0.2, 0.25) is 0 Å². The Morgan fingerprint density at radius 3 is 2.96 bits per heavy atom. The molecule has 26 heavy (non-hydrogen) atoms. The molecule has 2 aromatic heterocycles. The SMILES string of the molecule is CCC1CCc2[nH]c(=O)c(C(=O)Nc3nc4c(s3)C(=O)CCC4)cc2C1. The van der Waals surface area contributed by atoms with E-state index in [-0.39, 0.29) is 16.9 Å². The molecule has 7 heteroatoms. The number of pyridine rings is 1. The summed E-state index contributed by atoms with van der Waals surface area (Å²) in [6.45, 7) is 2.17. The van der Waals surface area contributed by atoms with Crippen molar-refractivity contribution in [2.24, 2.45) is 5.92 Å². The van der Waals surface area contributed by atoms with Crippen LogP contribution in [-0.2, 0) is 19.3 Å². The van der Waals surface area contributed by atoms with Crippen LogP contribution in [0.5, 0.6) is 0 Å². The predicted molar refractivity (Wildman–Crippen MR) is 100 cm³/mol. The van der Waals surface area contributed by atoms with Gasteiger partial charge in [0, 0.05) is 12.1 Å². The largest absolute Gasteiger partial charge is 0.325 e. The Balaban J connectivity index is 1.59. The van der Waals surface area contributed by atoms with Crippen LogP contribution < -0.4 is 10.9 Å². The maximum Gasteiger partial charge on any atom is 0.263 e. The van der Waals surface area contributed by atoms with E-state index in [0.717, 1.165) is 55.5 Å². The second-order valence-corrected chi connectivity index (χ2v) is 8.06. The van der Waals surface area contributed by atoms with E-state index in [9.17, 15) is 14.4 Å². The maximum absolute atomic E-state index is 12.6. The number of aryl methyl sites for hydroxylation is 2. The van der Waals surface area contributed by atoms with Gasteiger partial charge in [0.25, 0.3) is 11.5 Å². The fourth-order valence-electron chi connectivity index (χ4n) is 3.78. The van der Waals surface area contributed by atoms with E-state index in [4.69, 9.17) is 0 Å². The van der Waals surface area contributed by atoms with E-state index in [0.29, 0.717) is 22.3 Å². The molecule has 2 aromatic rings. The number of carbonyl (C=O) groups is 2. The van der Waals surface area contributed by atoms with Gasteiger partial charge in [-0.15, -0.1) is 0 Å². The van der Waals surface area contributed by atoms with Gasteiger partial charge >= 0.3 is 0 Å². The van der Waals surface area contributed by atoms with Crippen LogP contribution in [0.1, 0.15) is 69.6 Å². The molecule has 2 aliphatic carbocycles. The summed E-state index contributed by atoms with van der Waals surface area (Å²) in [6.07, 6.45) is 6.00. The van der Waals surface area contributed by atoms with Crippen LogP contribution >= 0.6 is 11.3 Å². The van der Waals surface area contributed by atoms with Crippen LogP contribution in [0.15, 0.2) is 10.9 Å². The number of amides is 1. The van der Waals surface area contributed by atoms with Crippen molar-refractivity contribution in [2.45, 2.75) is 51.9 Å². The van der Waals surface area contributed by atoms with Crippen LogP contribution in [0.25, 0.3) is 0 Å². The number of nitrogens with one attached hydrogen (secondary N) is 2. The summed E-state index contributed by atoms with van der Waals surface area (Å²) in [5, 5.41) is 3.09. The molecule has 136 valence electrons. The van der Waals surface area contributed by atoms with Crippen molar-refractivity contribution < 1.29 is 9.59 Å². The van der Waals surface area contributed by atoms with E-state index >= 15 is 0 Å². The molecule has 1 atom stereocenters. The first-order valence-corrected chi connectivity index (χ1v) is 9.96. The van der Waals surface area contributed by atoms with Crippen LogP contribution in [0, 0.1) is 5.92 Å². The normalized spacial score (nSPS) is 19.0. The van der Waals surface area contributed by atoms with Crippen molar-refractivity contribution in [3.8, 4) is 0 Å². The van der Waals surface area contributed by atoms with Gasteiger partial charge in [-0.05, 0) is 49.7 Å². The summed E-state index contributed by atoms with van der Waals surface area (Å²) in [7, 11) is 0. The first-order valence-electron chi connectivity index (χ1n) is 9.14. The van der Waals surface area contributed by atoms with Gasteiger partial charge in [0.1, 0.15) is 5.56 Å². The molecule has 0 saturated carbocycles. The summed E-state index contributed by atoms with van der Waals surface area (Å²) in [6, 6.07) is 1.73. The molecule has 4 rings (SSSR count). The van der Waals surface area contributed by atoms with Gasteiger partial charge in [-0.3, -0.25) is 19.7 Å². The Labute approximate surface area is 155 Å². The topological polar surface area (TPSA) is 91.9 Å². The standard InChI is InChI=1S/C19H21N3O3S/c1-2-10-6-7-13-11(8-10)9-12(17(24)20-13)18(25)22-19-21-14-4-3-5-15(23)16(14)26-19/h9-10H,2-8H2,1H3,(H,20,24)(H,21,22,25). The Kier molecular flexibility index (Phi) is 4.48. The van der Waals surface area contributed by atoms with Crippen molar-refractivity contribution in [3.05, 3.63) is 43.8 Å². The molecular formula is C19H21N3O3S. The number of hydrogen-bond acceptors (Lipinski definition) is 5. The Morgan fingerprint density at radius 2 is 2.19 bits per heavy atom. The summed E-state index contributed by atoms with van der Waals surface area (Å²) < 4.78 is 0. The van der Waals surface area contributed by atoms with Gasteiger partial charge in [-0.25, -0.2) is 4.98 Å². The van der Waals surface area contributed by atoms with Gasteiger partial charge in [0.15, 0.2) is 10.9 Å². The van der Waals surface area contributed by atoms with Gasteiger partial charge in [0.2, 0.25) is 0 Å². The average Bonchev–Trinajstić information content (AvgIpc) is 3.04. The lowest BCUT2D eigenvalue weighted by Crippen LogP contribution is -2.27. The van der Waals surface area contributed by atoms with Crippen molar-refractivity contribution in [1.29, 1.82) is 0 Å². The van der Waals surface area contributed by atoms with Crippen molar-refractivity contribution in [2.75, 3.05) is 5.32 Å². The van der Waals surface area contributed by atoms with E-state index < -0.39 is 5.91 Å². The number of aromatic amines is 1. The monoisotopic (exact) mass is 371 g/mol. The highest BCUT2D eigenvalue weighted by atomic mass is 32.1. The number of Topliss-reactive ketones (excluding diaryl/α,β-unsaturated/α-hetero) is 1. The number of aromatic nitrogens is 2. The summed E-state index contributed by atoms with van der Waals surface area (Å²) in [5.74, 6) is 0.216. The molecule has 2 aliphatic rings. The van der Waals surface area contributed by atoms with Gasteiger partial charge < -0.3 is 4.98 Å². The van der Waals surface area contributed by atoms with Crippen molar-refractivity contribution >= 4 is 28.2 Å². The molecule has 0 fully saturated rings. The number of nitrogens with zero attached hydrogens (tertiary/aromatic N) is 1. The molecule has 2 heterocycles. The highest BCUT2D eigenvalue weighted by Gasteiger charge is 2.25. The molecule has 0 aliphatic heterocycles. The molecule has 0 radical (unpaired) electrons. The first-order chi connectivity index (χ1) is 12.5. The molecule has 2 N–H and O–H groups in total. The molecule has 6 nitrogen and oxygen atoms in total. The van der Waals surface area contributed by atoms with E-state index in [2.05, 4.69) is 22.2 Å². The molecule has 1 unspecified atom stereocenters. The van der Waals surface area contributed by atoms with Crippen LogP contribution in [0.4, 0.5) is 5.13 Å². The minimum atomic E-state index is -0.466. The number of thiazole rings is 1. The van der Waals surface area contributed by atoms with Gasteiger partial charge in [-0.1, -0.05) is 24.7 Å². The molecule has 0 spiro atoms.